The summed E-state index contributed by atoms with van der Waals surface area (Å²) in [6.45, 7) is 7.38. The Morgan fingerprint density at radius 2 is 2.16 bits per heavy atom. The predicted octanol–water partition coefficient (Wildman–Crippen LogP) is 1.35. The lowest BCUT2D eigenvalue weighted by molar-refractivity contribution is -0.122. The molecule has 4 heteroatoms. The van der Waals surface area contributed by atoms with E-state index < -0.39 is 0 Å². The molecule has 2 unspecified atom stereocenters. The Morgan fingerprint density at radius 1 is 1.42 bits per heavy atom. The summed E-state index contributed by atoms with van der Waals surface area (Å²) in [4.78, 5) is 14.4. The van der Waals surface area contributed by atoms with E-state index in [4.69, 9.17) is 5.73 Å². The summed E-state index contributed by atoms with van der Waals surface area (Å²) in [5, 5.41) is 3.02. The first-order valence-electron chi connectivity index (χ1n) is 6.87. The van der Waals surface area contributed by atoms with E-state index in [1.54, 1.807) is 0 Å². The van der Waals surface area contributed by atoms with E-state index >= 15 is 0 Å². The van der Waals surface area contributed by atoms with Crippen molar-refractivity contribution in [1.29, 1.82) is 0 Å². The van der Waals surface area contributed by atoms with Crippen LogP contribution < -0.4 is 16.0 Å². The molecule has 1 fully saturated rings. The summed E-state index contributed by atoms with van der Waals surface area (Å²) in [6, 6.07) is 6.27. The summed E-state index contributed by atoms with van der Waals surface area (Å²) < 4.78 is 0. The molecule has 2 atom stereocenters. The standard InChI is InChI=1S/C15H23N3O/c1-10-4-5-11(2)13(8-10)18-7-6-12(3)17-15(19)14(18)9-16/h4-5,8,12,14H,6-7,9,16H2,1-3H3,(H,17,19). The molecule has 4 nitrogen and oxygen atoms in total. The van der Waals surface area contributed by atoms with Crippen LogP contribution in [0.5, 0.6) is 0 Å². The van der Waals surface area contributed by atoms with Crippen molar-refractivity contribution < 1.29 is 4.79 Å². The van der Waals surface area contributed by atoms with Gasteiger partial charge in [-0.25, -0.2) is 0 Å². The second kappa shape index (κ2) is 5.61. The second-order valence-corrected chi connectivity index (χ2v) is 5.43. The summed E-state index contributed by atoms with van der Waals surface area (Å²) >= 11 is 0. The van der Waals surface area contributed by atoms with E-state index in [1.165, 1.54) is 11.1 Å². The van der Waals surface area contributed by atoms with Crippen molar-refractivity contribution in [2.75, 3.05) is 18.0 Å². The van der Waals surface area contributed by atoms with Gasteiger partial charge in [-0.2, -0.15) is 0 Å². The van der Waals surface area contributed by atoms with Crippen LogP contribution in [-0.2, 0) is 4.79 Å². The average molecular weight is 261 g/mol. The van der Waals surface area contributed by atoms with Gasteiger partial charge in [0.05, 0.1) is 0 Å². The quantitative estimate of drug-likeness (QED) is 0.845. The average Bonchev–Trinajstić information content (AvgIpc) is 2.50. The zero-order valence-electron chi connectivity index (χ0n) is 11.9. The molecule has 1 amide bonds. The Labute approximate surface area is 115 Å². The third-order valence-electron chi connectivity index (χ3n) is 3.77. The molecule has 1 aliphatic heterocycles. The first-order valence-corrected chi connectivity index (χ1v) is 6.87. The molecule has 0 bridgehead atoms. The molecule has 0 radical (unpaired) electrons. The lowest BCUT2D eigenvalue weighted by atomic mass is 10.1. The van der Waals surface area contributed by atoms with Gasteiger partial charge in [-0.05, 0) is 44.4 Å². The number of carbonyl (C=O) groups excluding carboxylic acids is 1. The number of benzene rings is 1. The Bertz CT molecular complexity index is 472. The number of rotatable bonds is 2. The number of nitrogens with two attached hydrogens (primary N) is 1. The summed E-state index contributed by atoms with van der Waals surface area (Å²) in [7, 11) is 0. The second-order valence-electron chi connectivity index (χ2n) is 5.43. The van der Waals surface area contributed by atoms with Crippen molar-refractivity contribution in [2.45, 2.75) is 39.3 Å². The Kier molecular flexibility index (Phi) is 4.10. The van der Waals surface area contributed by atoms with Gasteiger partial charge in [-0.15, -0.1) is 0 Å². The van der Waals surface area contributed by atoms with Crippen LogP contribution in [0.15, 0.2) is 18.2 Å². The molecule has 2 rings (SSSR count). The van der Waals surface area contributed by atoms with Crippen LogP contribution in [0.3, 0.4) is 0 Å². The van der Waals surface area contributed by atoms with Gasteiger partial charge >= 0.3 is 0 Å². The third kappa shape index (κ3) is 2.89. The summed E-state index contributed by atoms with van der Waals surface area (Å²) in [5.41, 5.74) is 9.34. The number of amides is 1. The maximum atomic E-state index is 12.2. The Hall–Kier alpha value is -1.55. The molecular formula is C15H23N3O. The lowest BCUT2D eigenvalue weighted by Gasteiger charge is -2.31. The normalized spacial score (nSPS) is 24.0. The molecule has 0 spiro atoms. The van der Waals surface area contributed by atoms with Crippen LogP contribution in [0.2, 0.25) is 0 Å². The highest BCUT2D eigenvalue weighted by Crippen LogP contribution is 2.25. The predicted molar refractivity (Wildman–Crippen MR) is 78.3 cm³/mol. The van der Waals surface area contributed by atoms with Gasteiger partial charge in [-0.1, -0.05) is 12.1 Å². The van der Waals surface area contributed by atoms with Crippen LogP contribution in [0.1, 0.15) is 24.5 Å². The molecule has 3 N–H and O–H groups in total. The van der Waals surface area contributed by atoms with Crippen LogP contribution >= 0.6 is 0 Å². The minimum Gasteiger partial charge on any atom is -0.358 e. The fourth-order valence-corrected chi connectivity index (χ4v) is 2.59. The maximum absolute atomic E-state index is 12.2. The van der Waals surface area contributed by atoms with Gasteiger partial charge in [-0.3, -0.25) is 4.79 Å². The van der Waals surface area contributed by atoms with E-state index in [0.717, 1.165) is 18.7 Å². The van der Waals surface area contributed by atoms with E-state index in [1.807, 2.05) is 6.92 Å². The molecular weight excluding hydrogens is 238 g/mol. The first-order chi connectivity index (χ1) is 9.02. The maximum Gasteiger partial charge on any atom is 0.244 e. The van der Waals surface area contributed by atoms with Crippen molar-refractivity contribution >= 4 is 11.6 Å². The number of hydrogen-bond acceptors (Lipinski definition) is 3. The van der Waals surface area contributed by atoms with Gasteiger partial charge in [0.1, 0.15) is 6.04 Å². The molecule has 0 aromatic heterocycles. The van der Waals surface area contributed by atoms with E-state index in [-0.39, 0.29) is 18.0 Å². The molecule has 0 aliphatic carbocycles. The number of nitrogens with zero attached hydrogens (tertiary/aromatic N) is 1. The summed E-state index contributed by atoms with van der Waals surface area (Å²) in [6.07, 6.45) is 0.940. The molecule has 0 saturated carbocycles. The third-order valence-corrected chi connectivity index (χ3v) is 3.77. The first kappa shape index (κ1) is 13.9. The molecule has 1 saturated heterocycles. The molecule has 1 aromatic rings. The number of hydrogen-bond donors (Lipinski definition) is 2. The van der Waals surface area contributed by atoms with Crippen molar-refractivity contribution in [3.63, 3.8) is 0 Å². The highest BCUT2D eigenvalue weighted by Gasteiger charge is 2.30. The molecule has 1 heterocycles. The van der Waals surface area contributed by atoms with Crippen LogP contribution in [0, 0.1) is 13.8 Å². The van der Waals surface area contributed by atoms with Crippen molar-refractivity contribution in [3.8, 4) is 0 Å². The minimum absolute atomic E-state index is 0.0356. The number of anilines is 1. The monoisotopic (exact) mass is 261 g/mol. The molecule has 104 valence electrons. The van der Waals surface area contributed by atoms with Crippen molar-refractivity contribution in [1.82, 2.24) is 5.32 Å². The van der Waals surface area contributed by atoms with E-state index in [0.29, 0.717) is 6.54 Å². The van der Waals surface area contributed by atoms with Gasteiger partial charge in [0.15, 0.2) is 0 Å². The molecule has 19 heavy (non-hydrogen) atoms. The lowest BCUT2D eigenvalue weighted by Crippen LogP contribution is -2.49. The molecule has 1 aromatic carbocycles. The number of aryl methyl sites for hydroxylation is 2. The number of carbonyl (C=O) groups is 1. The Morgan fingerprint density at radius 3 is 2.84 bits per heavy atom. The Balaban J connectivity index is 2.39. The zero-order valence-corrected chi connectivity index (χ0v) is 11.9. The van der Waals surface area contributed by atoms with Crippen molar-refractivity contribution in [2.24, 2.45) is 5.73 Å². The van der Waals surface area contributed by atoms with Gasteiger partial charge < -0.3 is 16.0 Å². The molecule has 1 aliphatic rings. The van der Waals surface area contributed by atoms with E-state index in [9.17, 15) is 4.79 Å². The van der Waals surface area contributed by atoms with Crippen LogP contribution in [-0.4, -0.2) is 31.1 Å². The number of nitrogens with one attached hydrogen (secondary N) is 1. The van der Waals surface area contributed by atoms with Crippen LogP contribution in [0.25, 0.3) is 0 Å². The van der Waals surface area contributed by atoms with Crippen LogP contribution in [0.4, 0.5) is 5.69 Å². The SMILES string of the molecule is Cc1ccc(C)c(N2CCC(C)NC(=O)C2CN)c1. The highest BCUT2D eigenvalue weighted by molar-refractivity contribution is 5.86. The van der Waals surface area contributed by atoms with Gasteiger partial charge in [0.2, 0.25) is 5.91 Å². The fourth-order valence-electron chi connectivity index (χ4n) is 2.59. The minimum atomic E-state index is -0.273. The zero-order chi connectivity index (χ0) is 14.0. The van der Waals surface area contributed by atoms with Gasteiger partial charge in [0.25, 0.3) is 0 Å². The smallest absolute Gasteiger partial charge is 0.244 e. The summed E-state index contributed by atoms with van der Waals surface area (Å²) in [5.74, 6) is 0.0356. The van der Waals surface area contributed by atoms with Crippen molar-refractivity contribution in [3.05, 3.63) is 29.3 Å². The fraction of sp³-hybridized carbons (Fsp3) is 0.533. The van der Waals surface area contributed by atoms with E-state index in [2.05, 4.69) is 42.3 Å². The topological polar surface area (TPSA) is 58.4 Å². The van der Waals surface area contributed by atoms with Gasteiger partial charge in [0, 0.05) is 24.8 Å². The largest absolute Gasteiger partial charge is 0.358 e. The highest BCUT2D eigenvalue weighted by atomic mass is 16.2.